The van der Waals surface area contributed by atoms with Gasteiger partial charge in [0.2, 0.25) is 0 Å². The molecule has 0 aliphatic carbocycles. The Morgan fingerprint density at radius 1 is 0.800 bits per heavy atom. The van der Waals surface area contributed by atoms with E-state index in [1.54, 1.807) is 11.8 Å². The van der Waals surface area contributed by atoms with Gasteiger partial charge >= 0.3 is 7.82 Å². The first-order chi connectivity index (χ1) is 14.4. The highest BCUT2D eigenvalue weighted by Gasteiger charge is 2.33. The molecule has 0 atom stereocenters. The first-order valence-corrected chi connectivity index (χ1v) is 13.4. The highest BCUT2D eigenvalue weighted by Crippen LogP contribution is 2.56. The maximum absolute atomic E-state index is 13.0. The second-order valence-electron chi connectivity index (χ2n) is 7.83. The number of hydrogen-bond acceptors (Lipinski definition) is 4. The largest absolute Gasteiger partial charge is 0.584 e. The summed E-state index contributed by atoms with van der Waals surface area (Å²) in [7, 11) is -4.30. The molecule has 164 valence electrons. The van der Waals surface area contributed by atoms with Gasteiger partial charge < -0.3 is 9.05 Å². The van der Waals surface area contributed by atoms with Crippen LogP contribution >= 0.6 is 19.6 Å². The number of phosphoric ester groups is 1. The van der Waals surface area contributed by atoms with E-state index in [2.05, 4.69) is 52.0 Å². The lowest BCUT2D eigenvalue weighted by atomic mass is 10.0. The molecule has 1 N–H and O–H groups in total. The van der Waals surface area contributed by atoms with E-state index in [0.29, 0.717) is 11.5 Å². The Hall–Kier alpha value is -1.42. The predicted octanol–water partition coefficient (Wildman–Crippen LogP) is 7.52. The smallest absolute Gasteiger partial charge is 0.394 e. The van der Waals surface area contributed by atoms with E-state index in [0.717, 1.165) is 72.3 Å². The van der Waals surface area contributed by atoms with Gasteiger partial charge in [-0.2, -0.15) is 0 Å². The van der Waals surface area contributed by atoms with Gasteiger partial charge in [-0.15, -0.1) is 0 Å². The molecular formula is C24H33O4PS. The van der Waals surface area contributed by atoms with Gasteiger partial charge in [0.15, 0.2) is 0 Å². The molecule has 0 bridgehead atoms. The molecule has 1 aliphatic rings. The summed E-state index contributed by atoms with van der Waals surface area (Å²) in [6.07, 6.45) is 7.55. The minimum Gasteiger partial charge on any atom is -0.394 e. The molecule has 6 heteroatoms. The molecule has 2 aromatic rings. The van der Waals surface area contributed by atoms with Crippen LogP contribution in [-0.4, -0.2) is 4.89 Å². The van der Waals surface area contributed by atoms with Crippen LogP contribution in [0.4, 0.5) is 0 Å². The van der Waals surface area contributed by atoms with Crippen molar-refractivity contribution in [1.82, 2.24) is 0 Å². The van der Waals surface area contributed by atoms with Crippen molar-refractivity contribution >= 4 is 19.6 Å². The van der Waals surface area contributed by atoms with Crippen LogP contribution in [0.3, 0.4) is 0 Å². The number of phosphoric acid groups is 1. The van der Waals surface area contributed by atoms with E-state index in [9.17, 15) is 9.46 Å². The molecule has 1 aliphatic heterocycles. The maximum atomic E-state index is 13.0. The summed E-state index contributed by atoms with van der Waals surface area (Å²) in [5, 5.41) is 0. The molecular weight excluding hydrogens is 415 g/mol. The zero-order valence-corrected chi connectivity index (χ0v) is 20.2. The molecule has 2 aromatic carbocycles. The predicted molar refractivity (Wildman–Crippen MR) is 124 cm³/mol. The van der Waals surface area contributed by atoms with Crippen molar-refractivity contribution < 1.29 is 18.5 Å². The van der Waals surface area contributed by atoms with Crippen LogP contribution in [0.15, 0.2) is 34.1 Å². The van der Waals surface area contributed by atoms with Gasteiger partial charge in [-0.1, -0.05) is 64.4 Å². The van der Waals surface area contributed by atoms with E-state index in [4.69, 9.17) is 9.05 Å². The van der Waals surface area contributed by atoms with Crippen LogP contribution in [0.5, 0.6) is 11.5 Å². The summed E-state index contributed by atoms with van der Waals surface area (Å²) < 4.78 is 24.4. The summed E-state index contributed by atoms with van der Waals surface area (Å²) in [4.78, 5) is 12.4. The number of fused-ring (bicyclic) bond motifs is 2. The van der Waals surface area contributed by atoms with E-state index >= 15 is 0 Å². The van der Waals surface area contributed by atoms with Crippen molar-refractivity contribution in [2.75, 3.05) is 0 Å². The lowest BCUT2D eigenvalue weighted by Crippen LogP contribution is -2.08. The lowest BCUT2D eigenvalue weighted by molar-refractivity contribution is 0.283. The molecule has 4 nitrogen and oxygen atoms in total. The molecule has 0 aromatic heterocycles. The zero-order valence-electron chi connectivity index (χ0n) is 18.5. The van der Waals surface area contributed by atoms with Gasteiger partial charge in [-0.3, -0.25) is 4.89 Å². The molecule has 0 spiro atoms. The average molecular weight is 449 g/mol. The number of rotatable bonds is 8. The van der Waals surface area contributed by atoms with E-state index in [1.165, 1.54) is 11.1 Å². The van der Waals surface area contributed by atoms with Crippen LogP contribution in [0.1, 0.15) is 75.6 Å². The van der Waals surface area contributed by atoms with Crippen LogP contribution in [0, 0.1) is 0 Å². The fourth-order valence-corrected chi connectivity index (χ4v) is 5.93. The first-order valence-electron chi connectivity index (χ1n) is 11.1. The average Bonchev–Trinajstić information content (AvgIpc) is 2.72. The Morgan fingerprint density at radius 3 is 1.60 bits per heavy atom. The molecule has 0 unspecified atom stereocenters. The Bertz CT molecular complexity index is 870. The fourth-order valence-electron chi connectivity index (χ4n) is 3.69. The van der Waals surface area contributed by atoms with E-state index in [1.807, 2.05) is 0 Å². The van der Waals surface area contributed by atoms with Crippen LogP contribution < -0.4 is 9.05 Å². The molecule has 0 saturated heterocycles. The molecule has 0 amide bonds. The molecule has 0 fully saturated rings. The summed E-state index contributed by atoms with van der Waals surface area (Å²) in [5.41, 5.74) is 4.39. The summed E-state index contributed by atoms with van der Waals surface area (Å²) >= 11 is 1.59. The molecule has 1 heterocycles. The minimum atomic E-state index is -4.30. The summed E-state index contributed by atoms with van der Waals surface area (Å²) in [5.74, 6) is 0.998. The number of unbranched alkanes of at least 4 members (excludes halogenated alkanes) is 2. The van der Waals surface area contributed by atoms with Gasteiger partial charge in [0.05, 0.1) is 9.79 Å². The maximum Gasteiger partial charge on any atom is 0.584 e. The third kappa shape index (κ3) is 5.43. The van der Waals surface area contributed by atoms with Crippen LogP contribution in [0.2, 0.25) is 0 Å². The van der Waals surface area contributed by atoms with Gasteiger partial charge in [0.1, 0.15) is 11.5 Å². The first kappa shape index (κ1) is 23.2. The fraction of sp³-hybridized carbons (Fsp3) is 0.500. The topological polar surface area (TPSA) is 55.8 Å². The Morgan fingerprint density at radius 2 is 1.23 bits per heavy atom. The third-order valence-electron chi connectivity index (χ3n) is 5.43. The van der Waals surface area contributed by atoms with Gasteiger partial charge in [-0.25, -0.2) is 4.57 Å². The van der Waals surface area contributed by atoms with Gasteiger partial charge in [0.25, 0.3) is 0 Å². The van der Waals surface area contributed by atoms with Crippen molar-refractivity contribution in [2.24, 2.45) is 0 Å². The highest BCUT2D eigenvalue weighted by atomic mass is 32.2. The Balaban J connectivity index is 2.18. The van der Waals surface area contributed by atoms with Crippen LogP contribution in [0.25, 0.3) is 0 Å². The SMILES string of the molecule is CCCCc1cc(CC)cc2c1OP(=O)(O)Oc1c(CCCC)cc(CC)cc1S2. The summed E-state index contributed by atoms with van der Waals surface area (Å²) in [6.45, 7) is 8.55. The molecule has 3 rings (SSSR count). The number of hydrogen-bond donors (Lipinski definition) is 1. The second-order valence-corrected chi connectivity index (χ2v) is 10.2. The van der Waals surface area contributed by atoms with Crippen molar-refractivity contribution in [2.45, 2.75) is 88.9 Å². The third-order valence-corrected chi connectivity index (χ3v) is 7.31. The Labute approximate surface area is 185 Å². The minimum absolute atomic E-state index is 0.499. The van der Waals surface area contributed by atoms with E-state index in [-0.39, 0.29) is 0 Å². The highest BCUT2D eigenvalue weighted by molar-refractivity contribution is 7.99. The number of benzene rings is 2. The standard InChI is InChI=1S/C24H33O4PS/c1-5-9-11-19-13-17(7-3)15-21-23(19)27-29(25,26)28-24-20(12-10-6-2)14-18(8-4)16-22(24)30-21/h13-16H,5-12H2,1-4H3,(H,25,26). The van der Waals surface area contributed by atoms with E-state index < -0.39 is 7.82 Å². The second kappa shape index (κ2) is 10.3. The molecule has 30 heavy (non-hydrogen) atoms. The Kier molecular flexibility index (Phi) is 7.95. The van der Waals surface area contributed by atoms with Crippen molar-refractivity contribution in [3.8, 4) is 11.5 Å². The monoisotopic (exact) mass is 448 g/mol. The van der Waals surface area contributed by atoms with Crippen molar-refractivity contribution in [3.05, 3.63) is 46.5 Å². The lowest BCUT2D eigenvalue weighted by Gasteiger charge is -2.25. The van der Waals surface area contributed by atoms with Crippen molar-refractivity contribution in [1.29, 1.82) is 0 Å². The zero-order chi connectivity index (χ0) is 21.7. The summed E-state index contributed by atoms with van der Waals surface area (Å²) in [6, 6.07) is 8.39. The quantitative estimate of drug-likeness (QED) is 0.423. The van der Waals surface area contributed by atoms with Gasteiger partial charge in [-0.05, 0) is 72.9 Å². The van der Waals surface area contributed by atoms with Crippen molar-refractivity contribution in [3.63, 3.8) is 0 Å². The molecule has 0 saturated carbocycles. The van der Waals surface area contributed by atoms with Crippen LogP contribution in [-0.2, 0) is 30.2 Å². The molecule has 0 radical (unpaired) electrons. The normalized spacial score (nSPS) is 14.7. The van der Waals surface area contributed by atoms with Gasteiger partial charge in [0, 0.05) is 0 Å². The number of aryl methyl sites for hydroxylation is 4.